The van der Waals surface area contributed by atoms with Gasteiger partial charge in [-0.3, -0.25) is 9.69 Å². The zero-order valence-corrected chi connectivity index (χ0v) is 22.4. The number of aromatic nitrogens is 3. The second-order valence-electron chi connectivity index (χ2n) is 10.9. The minimum absolute atomic E-state index is 0.0487. The molecule has 2 aromatic heterocycles. The molecule has 38 heavy (non-hydrogen) atoms. The quantitative estimate of drug-likeness (QED) is 0.245. The minimum atomic E-state index is -0.447. The lowest BCUT2D eigenvalue weighted by Crippen LogP contribution is -2.51. The number of hydrogen-bond donors (Lipinski definition) is 0. The SMILES string of the molecule is CCCCc1c(-c2nc(-c3ccc(CN4CC(C(=O)OC(C)(C)C)C4)cc3)no2)noc1-c1ccccc1. The molecule has 1 aliphatic heterocycles. The van der Waals surface area contributed by atoms with Gasteiger partial charge in [-0.2, -0.15) is 4.98 Å². The highest BCUT2D eigenvalue weighted by molar-refractivity contribution is 5.74. The summed E-state index contributed by atoms with van der Waals surface area (Å²) in [6.07, 6.45) is 2.88. The van der Waals surface area contributed by atoms with E-state index in [1.807, 2.05) is 63.2 Å². The van der Waals surface area contributed by atoms with Gasteiger partial charge in [0.1, 0.15) is 5.60 Å². The molecule has 5 rings (SSSR count). The summed E-state index contributed by atoms with van der Waals surface area (Å²) in [7, 11) is 0. The van der Waals surface area contributed by atoms with Crippen molar-refractivity contribution in [3.63, 3.8) is 0 Å². The number of benzene rings is 2. The van der Waals surface area contributed by atoms with E-state index in [1.54, 1.807) is 0 Å². The molecule has 8 nitrogen and oxygen atoms in total. The van der Waals surface area contributed by atoms with Crippen molar-refractivity contribution in [3.8, 4) is 34.3 Å². The van der Waals surface area contributed by atoms with E-state index in [1.165, 1.54) is 0 Å². The smallest absolute Gasteiger partial charge is 0.312 e. The van der Waals surface area contributed by atoms with Crippen LogP contribution >= 0.6 is 0 Å². The van der Waals surface area contributed by atoms with Gasteiger partial charge in [-0.25, -0.2) is 0 Å². The van der Waals surface area contributed by atoms with Crippen LogP contribution in [0.2, 0.25) is 0 Å². The van der Waals surface area contributed by atoms with Crippen molar-refractivity contribution in [1.29, 1.82) is 0 Å². The van der Waals surface area contributed by atoms with Crippen LogP contribution in [0.4, 0.5) is 0 Å². The normalized spacial score (nSPS) is 14.4. The Morgan fingerprint density at radius 1 is 1.00 bits per heavy atom. The average Bonchev–Trinajstić information content (AvgIpc) is 3.52. The number of carbonyl (C=O) groups excluding carboxylic acids is 1. The van der Waals surface area contributed by atoms with Crippen LogP contribution in [0.1, 0.15) is 51.7 Å². The number of carbonyl (C=O) groups is 1. The van der Waals surface area contributed by atoms with Crippen LogP contribution in [0.25, 0.3) is 34.3 Å². The number of unbranched alkanes of at least 4 members (excludes halogenated alkanes) is 1. The second-order valence-corrected chi connectivity index (χ2v) is 10.9. The molecule has 3 heterocycles. The highest BCUT2D eigenvalue weighted by Crippen LogP contribution is 2.33. The van der Waals surface area contributed by atoms with Gasteiger partial charge in [0.05, 0.1) is 5.92 Å². The summed E-state index contributed by atoms with van der Waals surface area (Å²) < 4.78 is 16.9. The van der Waals surface area contributed by atoms with E-state index >= 15 is 0 Å². The second kappa shape index (κ2) is 10.9. The highest BCUT2D eigenvalue weighted by atomic mass is 16.6. The Labute approximate surface area is 223 Å². The lowest BCUT2D eigenvalue weighted by Gasteiger charge is -2.38. The molecule has 2 aromatic carbocycles. The topological polar surface area (TPSA) is 94.5 Å². The van der Waals surface area contributed by atoms with Crippen molar-refractivity contribution in [2.75, 3.05) is 13.1 Å². The van der Waals surface area contributed by atoms with E-state index in [4.69, 9.17) is 13.8 Å². The Balaban J connectivity index is 1.25. The minimum Gasteiger partial charge on any atom is -0.460 e. The Morgan fingerprint density at radius 2 is 1.74 bits per heavy atom. The first kappa shape index (κ1) is 25.9. The zero-order chi connectivity index (χ0) is 26.7. The molecule has 0 aliphatic carbocycles. The van der Waals surface area contributed by atoms with Crippen molar-refractivity contribution in [2.45, 2.75) is 59.1 Å². The van der Waals surface area contributed by atoms with Gasteiger partial charge in [-0.1, -0.05) is 78.3 Å². The number of nitrogens with zero attached hydrogens (tertiary/aromatic N) is 4. The van der Waals surface area contributed by atoms with Crippen LogP contribution < -0.4 is 0 Å². The summed E-state index contributed by atoms with van der Waals surface area (Å²) in [6.45, 7) is 10.1. The van der Waals surface area contributed by atoms with Crippen LogP contribution in [0.5, 0.6) is 0 Å². The van der Waals surface area contributed by atoms with E-state index < -0.39 is 5.60 Å². The van der Waals surface area contributed by atoms with Crippen molar-refractivity contribution in [3.05, 3.63) is 65.7 Å². The summed E-state index contributed by atoms with van der Waals surface area (Å²) >= 11 is 0. The van der Waals surface area contributed by atoms with E-state index in [-0.39, 0.29) is 11.9 Å². The molecular formula is C30H34N4O4. The van der Waals surface area contributed by atoms with Gasteiger partial charge in [-0.05, 0) is 39.2 Å². The summed E-state index contributed by atoms with van der Waals surface area (Å²) in [5, 5.41) is 8.53. The number of likely N-dealkylation sites (tertiary alicyclic amines) is 1. The molecule has 0 N–H and O–H groups in total. The summed E-state index contributed by atoms with van der Waals surface area (Å²) in [6, 6.07) is 18.1. The van der Waals surface area contributed by atoms with Crippen LogP contribution in [0, 0.1) is 5.92 Å². The number of rotatable bonds is 9. The molecule has 1 fully saturated rings. The summed E-state index contributed by atoms with van der Waals surface area (Å²) in [5.41, 5.74) is 4.14. The van der Waals surface area contributed by atoms with Crippen LogP contribution in [0.3, 0.4) is 0 Å². The van der Waals surface area contributed by atoms with Crippen molar-refractivity contribution in [1.82, 2.24) is 20.2 Å². The van der Waals surface area contributed by atoms with Crippen molar-refractivity contribution in [2.24, 2.45) is 5.92 Å². The molecule has 0 unspecified atom stereocenters. The fourth-order valence-corrected chi connectivity index (χ4v) is 4.57. The van der Waals surface area contributed by atoms with E-state index in [2.05, 4.69) is 39.3 Å². The molecule has 0 bridgehead atoms. The molecule has 1 aliphatic rings. The van der Waals surface area contributed by atoms with Gasteiger partial charge in [-0.15, -0.1) is 0 Å². The van der Waals surface area contributed by atoms with Gasteiger partial charge in [0.15, 0.2) is 11.5 Å². The largest absolute Gasteiger partial charge is 0.460 e. The van der Waals surface area contributed by atoms with Crippen molar-refractivity contribution < 1.29 is 18.6 Å². The highest BCUT2D eigenvalue weighted by Gasteiger charge is 2.35. The van der Waals surface area contributed by atoms with Crippen LogP contribution in [0.15, 0.2) is 63.6 Å². The Morgan fingerprint density at radius 3 is 2.42 bits per heavy atom. The van der Waals surface area contributed by atoms with Crippen molar-refractivity contribution >= 4 is 5.97 Å². The maximum Gasteiger partial charge on any atom is 0.312 e. The lowest BCUT2D eigenvalue weighted by molar-refractivity contribution is -0.166. The molecule has 4 aromatic rings. The van der Waals surface area contributed by atoms with E-state index in [0.29, 0.717) is 30.5 Å². The lowest BCUT2D eigenvalue weighted by atomic mass is 9.98. The molecular weight excluding hydrogens is 480 g/mol. The maximum atomic E-state index is 12.2. The Hall–Kier alpha value is -3.78. The number of hydrogen-bond acceptors (Lipinski definition) is 8. The molecule has 8 heteroatoms. The monoisotopic (exact) mass is 514 g/mol. The molecule has 0 spiro atoms. The molecule has 0 amide bonds. The third kappa shape index (κ3) is 5.86. The third-order valence-electron chi connectivity index (χ3n) is 6.55. The zero-order valence-electron chi connectivity index (χ0n) is 22.4. The van der Waals surface area contributed by atoms with Gasteiger partial charge in [0.25, 0.3) is 5.89 Å². The van der Waals surface area contributed by atoms with E-state index in [0.717, 1.165) is 53.8 Å². The predicted molar refractivity (Wildman–Crippen MR) is 144 cm³/mol. The standard InChI is InChI=1S/C30H34N4O4/c1-5-6-12-24-25(32-37-26(24)21-10-8-7-9-11-21)28-31-27(33-38-28)22-15-13-20(14-16-22)17-34-18-23(19-34)29(35)36-30(2,3)4/h7-11,13-16,23H,5-6,12,17-19H2,1-4H3. The van der Waals surface area contributed by atoms with E-state index in [9.17, 15) is 4.79 Å². The number of esters is 1. The number of ether oxygens (including phenoxy) is 1. The fraction of sp³-hybridized carbons (Fsp3) is 0.400. The molecule has 0 atom stereocenters. The maximum absolute atomic E-state index is 12.2. The molecule has 1 saturated heterocycles. The van der Waals surface area contributed by atoms with Crippen LogP contribution in [-0.4, -0.2) is 44.9 Å². The van der Waals surface area contributed by atoms with Gasteiger partial charge >= 0.3 is 5.97 Å². The Kier molecular flexibility index (Phi) is 7.42. The Bertz CT molecular complexity index is 1360. The molecule has 0 saturated carbocycles. The predicted octanol–water partition coefficient (Wildman–Crippen LogP) is 6.17. The summed E-state index contributed by atoms with van der Waals surface area (Å²) in [5.74, 6) is 1.45. The molecule has 198 valence electrons. The van der Waals surface area contributed by atoms with Crippen LogP contribution in [-0.2, 0) is 22.5 Å². The summed E-state index contributed by atoms with van der Waals surface area (Å²) in [4.78, 5) is 19.1. The molecule has 0 radical (unpaired) electrons. The first-order valence-electron chi connectivity index (χ1n) is 13.2. The fourth-order valence-electron chi connectivity index (χ4n) is 4.57. The van der Waals surface area contributed by atoms with Gasteiger partial charge in [0, 0.05) is 36.3 Å². The first-order valence-corrected chi connectivity index (χ1v) is 13.2. The average molecular weight is 515 g/mol. The first-order chi connectivity index (χ1) is 18.3. The third-order valence-corrected chi connectivity index (χ3v) is 6.55. The van der Waals surface area contributed by atoms with Gasteiger partial charge in [0.2, 0.25) is 5.82 Å². The van der Waals surface area contributed by atoms with Gasteiger partial charge < -0.3 is 13.8 Å².